The van der Waals surface area contributed by atoms with E-state index in [0.29, 0.717) is 12.5 Å². The number of benzene rings is 1. The Kier molecular flexibility index (Phi) is 6.40. The molecule has 0 radical (unpaired) electrons. The van der Waals surface area contributed by atoms with E-state index >= 15 is 0 Å². The molecule has 2 nitrogen and oxygen atoms in total. The summed E-state index contributed by atoms with van der Waals surface area (Å²) in [5, 5.41) is 4.05. The molecule has 0 aliphatic carbocycles. The minimum Gasteiger partial charge on any atom is -0.489 e. The lowest BCUT2D eigenvalue weighted by Crippen LogP contribution is -2.19. The first-order valence-corrected chi connectivity index (χ1v) is 7.13. The summed E-state index contributed by atoms with van der Waals surface area (Å²) in [5.74, 6) is 1.28. The SMILES string of the molecule is C=C(CNCC)COc1cc(C(C)C)c(Cl)cc1C. The topological polar surface area (TPSA) is 21.3 Å². The Bertz CT molecular complexity index is 441. The number of hydrogen-bond acceptors (Lipinski definition) is 2. The fourth-order valence-corrected chi connectivity index (χ4v) is 2.24. The van der Waals surface area contributed by atoms with Crippen LogP contribution in [0.3, 0.4) is 0 Å². The summed E-state index contributed by atoms with van der Waals surface area (Å²) < 4.78 is 5.84. The molecule has 0 aliphatic rings. The third kappa shape index (κ3) is 4.88. The van der Waals surface area contributed by atoms with E-state index < -0.39 is 0 Å². The van der Waals surface area contributed by atoms with Crippen LogP contribution in [0.2, 0.25) is 5.02 Å². The van der Waals surface area contributed by atoms with Crippen molar-refractivity contribution in [3.05, 3.63) is 40.4 Å². The monoisotopic (exact) mass is 281 g/mol. The molecule has 1 N–H and O–H groups in total. The van der Waals surface area contributed by atoms with E-state index in [1.165, 1.54) is 0 Å². The van der Waals surface area contributed by atoms with Gasteiger partial charge in [0.25, 0.3) is 0 Å². The summed E-state index contributed by atoms with van der Waals surface area (Å²) in [6, 6.07) is 4.02. The van der Waals surface area contributed by atoms with Crippen LogP contribution in [0.4, 0.5) is 0 Å². The maximum atomic E-state index is 6.24. The summed E-state index contributed by atoms with van der Waals surface area (Å²) in [6.45, 7) is 14.6. The second kappa shape index (κ2) is 7.56. The van der Waals surface area contributed by atoms with Gasteiger partial charge in [0.2, 0.25) is 0 Å². The highest BCUT2D eigenvalue weighted by Gasteiger charge is 2.10. The largest absolute Gasteiger partial charge is 0.489 e. The zero-order valence-electron chi connectivity index (χ0n) is 12.3. The van der Waals surface area contributed by atoms with E-state index in [0.717, 1.165) is 40.6 Å². The molecule has 0 unspecified atom stereocenters. The number of likely N-dealkylation sites (N-methyl/N-ethyl adjacent to an activating group) is 1. The van der Waals surface area contributed by atoms with Crippen LogP contribution in [0.1, 0.15) is 37.8 Å². The highest BCUT2D eigenvalue weighted by molar-refractivity contribution is 6.31. The van der Waals surface area contributed by atoms with Crippen molar-refractivity contribution in [2.45, 2.75) is 33.6 Å². The minimum atomic E-state index is 0.389. The molecule has 0 saturated heterocycles. The highest BCUT2D eigenvalue weighted by Crippen LogP contribution is 2.31. The maximum Gasteiger partial charge on any atom is 0.123 e. The first kappa shape index (κ1) is 16.1. The van der Waals surface area contributed by atoms with Crippen molar-refractivity contribution in [1.82, 2.24) is 5.32 Å². The number of ether oxygens (including phenoxy) is 1. The van der Waals surface area contributed by atoms with Crippen molar-refractivity contribution in [3.8, 4) is 5.75 Å². The second-order valence-electron chi connectivity index (χ2n) is 5.11. The first-order chi connectivity index (χ1) is 8.95. The van der Waals surface area contributed by atoms with Crippen LogP contribution in [0.15, 0.2) is 24.3 Å². The molecule has 1 aromatic carbocycles. The van der Waals surface area contributed by atoms with E-state index in [1.54, 1.807) is 0 Å². The van der Waals surface area contributed by atoms with Gasteiger partial charge in [0.05, 0.1) is 0 Å². The van der Waals surface area contributed by atoms with Gasteiger partial charge in [0, 0.05) is 11.6 Å². The highest BCUT2D eigenvalue weighted by atomic mass is 35.5. The molecule has 0 heterocycles. The predicted octanol–water partition coefficient (Wildman–Crippen LogP) is 4.32. The van der Waals surface area contributed by atoms with Gasteiger partial charge < -0.3 is 10.1 Å². The average molecular weight is 282 g/mol. The van der Waals surface area contributed by atoms with Crippen molar-refractivity contribution >= 4 is 11.6 Å². The number of halogens is 1. The Balaban J connectivity index is 2.73. The molecular weight excluding hydrogens is 258 g/mol. The first-order valence-electron chi connectivity index (χ1n) is 6.75. The Morgan fingerprint density at radius 3 is 2.68 bits per heavy atom. The maximum absolute atomic E-state index is 6.24. The van der Waals surface area contributed by atoms with Crippen LogP contribution in [0, 0.1) is 6.92 Å². The molecule has 0 saturated carbocycles. The molecular formula is C16H24ClNO. The van der Waals surface area contributed by atoms with Crippen molar-refractivity contribution in [1.29, 1.82) is 0 Å². The van der Waals surface area contributed by atoms with Gasteiger partial charge in [-0.05, 0) is 48.2 Å². The van der Waals surface area contributed by atoms with Crippen molar-refractivity contribution < 1.29 is 4.74 Å². The van der Waals surface area contributed by atoms with Gasteiger partial charge in [-0.2, -0.15) is 0 Å². The van der Waals surface area contributed by atoms with E-state index in [9.17, 15) is 0 Å². The van der Waals surface area contributed by atoms with Gasteiger partial charge in [-0.15, -0.1) is 0 Å². The van der Waals surface area contributed by atoms with Gasteiger partial charge in [0.15, 0.2) is 0 Å². The van der Waals surface area contributed by atoms with E-state index in [-0.39, 0.29) is 0 Å². The quantitative estimate of drug-likeness (QED) is 0.752. The van der Waals surface area contributed by atoms with Crippen molar-refractivity contribution in [2.75, 3.05) is 19.7 Å². The third-order valence-corrected chi connectivity index (χ3v) is 3.30. The van der Waals surface area contributed by atoms with Gasteiger partial charge >= 0.3 is 0 Å². The molecule has 0 aromatic heterocycles. The molecule has 1 rings (SSSR count). The van der Waals surface area contributed by atoms with Crippen LogP contribution in [-0.4, -0.2) is 19.7 Å². The van der Waals surface area contributed by atoms with Crippen LogP contribution >= 0.6 is 11.6 Å². The van der Waals surface area contributed by atoms with Crippen LogP contribution in [0.25, 0.3) is 0 Å². The summed E-state index contributed by atoms with van der Waals surface area (Å²) in [4.78, 5) is 0. The molecule has 0 spiro atoms. The zero-order chi connectivity index (χ0) is 14.4. The molecule has 0 atom stereocenters. The lowest BCUT2D eigenvalue weighted by atomic mass is 10.0. The van der Waals surface area contributed by atoms with Gasteiger partial charge in [-0.3, -0.25) is 0 Å². The lowest BCUT2D eigenvalue weighted by Gasteiger charge is -2.15. The number of rotatable bonds is 7. The molecule has 0 bridgehead atoms. The molecule has 19 heavy (non-hydrogen) atoms. The number of aryl methyl sites for hydroxylation is 1. The fourth-order valence-electron chi connectivity index (χ4n) is 1.80. The average Bonchev–Trinajstić information content (AvgIpc) is 2.34. The summed E-state index contributed by atoms with van der Waals surface area (Å²) >= 11 is 6.24. The standard InChI is InChI=1S/C16H24ClNO/c1-6-18-9-12(4)10-19-16-8-14(11(2)3)15(17)7-13(16)5/h7-8,11,18H,4,6,9-10H2,1-3,5H3. The van der Waals surface area contributed by atoms with Crippen LogP contribution in [0.5, 0.6) is 5.75 Å². The summed E-state index contributed by atoms with van der Waals surface area (Å²) in [7, 11) is 0. The van der Waals surface area contributed by atoms with E-state index in [1.807, 2.05) is 19.1 Å². The molecule has 0 amide bonds. The molecule has 1 aromatic rings. The van der Waals surface area contributed by atoms with Crippen LogP contribution < -0.4 is 10.1 Å². The van der Waals surface area contributed by atoms with Crippen molar-refractivity contribution in [3.63, 3.8) is 0 Å². The third-order valence-electron chi connectivity index (χ3n) is 2.97. The van der Waals surface area contributed by atoms with Crippen molar-refractivity contribution in [2.24, 2.45) is 0 Å². The molecule has 3 heteroatoms. The Morgan fingerprint density at radius 1 is 1.42 bits per heavy atom. The van der Waals surface area contributed by atoms with Gasteiger partial charge in [0.1, 0.15) is 12.4 Å². The van der Waals surface area contributed by atoms with E-state index in [2.05, 4.69) is 32.7 Å². The summed E-state index contributed by atoms with van der Waals surface area (Å²) in [5.41, 5.74) is 3.23. The zero-order valence-corrected chi connectivity index (χ0v) is 13.1. The molecule has 0 aliphatic heterocycles. The Morgan fingerprint density at radius 2 is 2.11 bits per heavy atom. The predicted molar refractivity (Wildman–Crippen MR) is 83.5 cm³/mol. The summed E-state index contributed by atoms with van der Waals surface area (Å²) in [6.07, 6.45) is 0. The van der Waals surface area contributed by atoms with E-state index in [4.69, 9.17) is 16.3 Å². The molecule has 106 valence electrons. The second-order valence-corrected chi connectivity index (χ2v) is 5.52. The fraction of sp³-hybridized carbons (Fsp3) is 0.500. The lowest BCUT2D eigenvalue weighted by molar-refractivity contribution is 0.345. The number of nitrogens with one attached hydrogen (secondary N) is 1. The smallest absolute Gasteiger partial charge is 0.123 e. The molecule has 0 fully saturated rings. The number of hydrogen-bond donors (Lipinski definition) is 1. The van der Waals surface area contributed by atoms with Crippen LogP contribution in [-0.2, 0) is 0 Å². The Labute approximate surface area is 121 Å². The van der Waals surface area contributed by atoms with Gasteiger partial charge in [-0.1, -0.05) is 39.0 Å². The minimum absolute atomic E-state index is 0.389. The van der Waals surface area contributed by atoms with Gasteiger partial charge in [-0.25, -0.2) is 0 Å². The Hall–Kier alpha value is -0.990. The normalized spacial score (nSPS) is 10.8.